The van der Waals surface area contributed by atoms with E-state index in [2.05, 4.69) is 36.6 Å². The number of para-hydroxylation sites is 1. The molecule has 2 aromatic heterocycles. The number of ether oxygens (including phenoxy) is 1. The fourth-order valence-electron chi connectivity index (χ4n) is 4.24. The Morgan fingerprint density at radius 3 is 2.34 bits per heavy atom. The van der Waals surface area contributed by atoms with E-state index < -0.39 is 11.8 Å². The Labute approximate surface area is 209 Å². The molecule has 0 fully saturated rings. The molecule has 3 rings (SSSR count). The van der Waals surface area contributed by atoms with Gasteiger partial charge in [0.05, 0.1) is 23.4 Å². The molecule has 0 N–H and O–H groups in total. The third-order valence-corrected chi connectivity index (χ3v) is 7.24. The molecule has 35 heavy (non-hydrogen) atoms. The molecule has 3 aromatic rings. The van der Waals surface area contributed by atoms with Crippen molar-refractivity contribution in [1.29, 1.82) is 10.5 Å². The molecule has 0 amide bonds. The van der Waals surface area contributed by atoms with Crippen molar-refractivity contribution in [3.8, 4) is 17.8 Å². The van der Waals surface area contributed by atoms with Crippen LogP contribution in [0.5, 0.6) is 0 Å². The van der Waals surface area contributed by atoms with Gasteiger partial charge in [-0.25, -0.2) is 4.79 Å². The summed E-state index contributed by atoms with van der Waals surface area (Å²) >= 11 is 1.07. The number of hydrogen-bond donors (Lipinski definition) is 0. The maximum atomic E-state index is 13.1. The van der Waals surface area contributed by atoms with Gasteiger partial charge in [-0.15, -0.1) is 11.3 Å². The summed E-state index contributed by atoms with van der Waals surface area (Å²) in [4.78, 5) is 26.1. The summed E-state index contributed by atoms with van der Waals surface area (Å²) in [6.45, 7) is 11.7. The number of Topliss-reactive ketones (excluding diaryl/α,β-unsaturated/α-hetero) is 1. The molecule has 0 atom stereocenters. The minimum atomic E-state index is -0.514. The molecule has 0 unspecified atom stereocenters. The van der Waals surface area contributed by atoms with E-state index in [1.54, 1.807) is 19.9 Å². The number of carbonyl (C=O) groups is 2. The van der Waals surface area contributed by atoms with Gasteiger partial charge in [0.15, 0.2) is 5.78 Å². The number of aryl methyl sites for hydroxylation is 3. The first-order valence-electron chi connectivity index (χ1n) is 11.2. The lowest BCUT2D eigenvalue weighted by atomic mass is 10.0. The van der Waals surface area contributed by atoms with E-state index in [9.17, 15) is 20.1 Å². The maximum Gasteiger partial charge on any atom is 0.348 e. The van der Waals surface area contributed by atoms with E-state index in [0.717, 1.165) is 45.1 Å². The summed E-state index contributed by atoms with van der Waals surface area (Å²) in [5, 5.41) is 19.4. The summed E-state index contributed by atoms with van der Waals surface area (Å²) in [6, 6.07) is 12.2. The van der Waals surface area contributed by atoms with Gasteiger partial charge in [-0.05, 0) is 75.9 Å². The third-order valence-electron chi connectivity index (χ3n) is 5.97. The van der Waals surface area contributed by atoms with Gasteiger partial charge in [0.25, 0.3) is 0 Å². The number of esters is 1. The molecule has 0 radical (unpaired) electrons. The summed E-state index contributed by atoms with van der Waals surface area (Å²) in [5.74, 6) is -0.919. The van der Waals surface area contributed by atoms with Crippen molar-refractivity contribution in [3.05, 3.63) is 78.8 Å². The Bertz CT molecular complexity index is 1420. The number of benzene rings is 1. The molecule has 0 saturated carbocycles. The fraction of sp³-hybridized carbons (Fsp3) is 0.286. The first kappa shape index (κ1) is 25.7. The van der Waals surface area contributed by atoms with Crippen LogP contribution in [0, 0.1) is 57.3 Å². The number of rotatable bonds is 7. The molecule has 0 aliphatic carbocycles. The highest BCUT2D eigenvalue weighted by atomic mass is 32.1. The van der Waals surface area contributed by atoms with Gasteiger partial charge in [-0.2, -0.15) is 10.5 Å². The number of carbonyl (C=O) groups excluding carboxylic acids is 2. The number of nitrogens with zero attached hydrogens (tertiary/aromatic N) is 3. The second kappa shape index (κ2) is 10.5. The van der Waals surface area contributed by atoms with Crippen LogP contribution >= 0.6 is 11.3 Å². The predicted molar refractivity (Wildman–Crippen MR) is 137 cm³/mol. The molecular weight excluding hydrogens is 458 g/mol. The summed E-state index contributed by atoms with van der Waals surface area (Å²) in [5.41, 5.74) is 6.85. The average molecular weight is 486 g/mol. The first-order valence-corrected chi connectivity index (χ1v) is 12.1. The second-order valence-electron chi connectivity index (χ2n) is 8.36. The van der Waals surface area contributed by atoms with Gasteiger partial charge in [0.1, 0.15) is 17.0 Å². The minimum absolute atomic E-state index is 0.000571. The van der Waals surface area contributed by atoms with Crippen molar-refractivity contribution in [2.45, 2.75) is 48.0 Å². The van der Waals surface area contributed by atoms with Crippen molar-refractivity contribution >= 4 is 29.2 Å². The van der Waals surface area contributed by atoms with Crippen molar-refractivity contribution in [3.63, 3.8) is 0 Å². The molecule has 2 heterocycles. The van der Waals surface area contributed by atoms with E-state index in [-0.39, 0.29) is 24.2 Å². The quantitative estimate of drug-likeness (QED) is 0.238. The fourth-order valence-corrected chi connectivity index (χ4v) is 5.39. The zero-order valence-electron chi connectivity index (χ0n) is 20.8. The third kappa shape index (κ3) is 4.96. The number of hydrogen-bond acceptors (Lipinski definition) is 6. The number of aromatic nitrogens is 1. The molecule has 0 bridgehead atoms. The van der Waals surface area contributed by atoms with Crippen molar-refractivity contribution < 1.29 is 14.3 Å². The Kier molecular flexibility index (Phi) is 7.74. The largest absolute Gasteiger partial charge is 0.462 e. The standard InChI is InChI=1S/C28H27N3O3S/c1-7-34-28(33)27-19(5)23(15-30)25(35-27)13-24(32)22(14-29)12-21-11-18(4)31(20(21)6)26-16(2)9-8-10-17(26)3/h8-12H,7,13H2,1-6H3/b22-12+. The summed E-state index contributed by atoms with van der Waals surface area (Å²) < 4.78 is 7.20. The smallest absolute Gasteiger partial charge is 0.348 e. The van der Waals surface area contributed by atoms with E-state index in [1.807, 2.05) is 32.0 Å². The van der Waals surface area contributed by atoms with Crippen molar-refractivity contribution in [2.24, 2.45) is 0 Å². The second-order valence-corrected chi connectivity index (χ2v) is 9.46. The van der Waals surface area contributed by atoms with E-state index >= 15 is 0 Å². The van der Waals surface area contributed by atoms with Gasteiger partial charge in [-0.1, -0.05) is 18.2 Å². The Balaban J connectivity index is 1.99. The van der Waals surface area contributed by atoms with Crippen LogP contribution in [0.15, 0.2) is 29.8 Å². The highest BCUT2D eigenvalue weighted by molar-refractivity contribution is 7.14. The molecular formula is C28H27N3O3S. The monoisotopic (exact) mass is 485 g/mol. The number of thiophene rings is 1. The van der Waals surface area contributed by atoms with E-state index in [4.69, 9.17) is 4.74 Å². The molecule has 0 aliphatic heterocycles. The SMILES string of the molecule is CCOC(=O)c1sc(CC(=O)/C(C#N)=C/c2cc(C)n(-c3c(C)cccc3C)c2C)c(C#N)c1C. The highest BCUT2D eigenvalue weighted by Crippen LogP contribution is 2.31. The van der Waals surface area contributed by atoms with E-state index in [1.165, 1.54) is 0 Å². The summed E-state index contributed by atoms with van der Waals surface area (Å²) in [7, 11) is 0. The predicted octanol–water partition coefficient (Wildman–Crippen LogP) is 5.85. The van der Waals surface area contributed by atoms with Gasteiger partial charge < -0.3 is 9.30 Å². The lowest BCUT2D eigenvalue weighted by molar-refractivity contribution is -0.114. The van der Waals surface area contributed by atoms with Crippen LogP contribution in [0.25, 0.3) is 11.8 Å². The van der Waals surface area contributed by atoms with Gasteiger partial charge in [-0.3, -0.25) is 4.79 Å². The van der Waals surface area contributed by atoms with Crippen LogP contribution in [0.1, 0.15) is 60.7 Å². The molecule has 1 aromatic carbocycles. The molecule has 6 nitrogen and oxygen atoms in total. The normalized spacial score (nSPS) is 11.1. The number of nitriles is 2. The lowest BCUT2D eigenvalue weighted by Crippen LogP contribution is -2.06. The van der Waals surface area contributed by atoms with Crippen LogP contribution in [0.3, 0.4) is 0 Å². The Hall–Kier alpha value is -3.94. The van der Waals surface area contributed by atoms with Gasteiger partial charge >= 0.3 is 5.97 Å². The van der Waals surface area contributed by atoms with Crippen LogP contribution < -0.4 is 0 Å². The molecule has 0 saturated heterocycles. The zero-order valence-corrected chi connectivity index (χ0v) is 21.6. The Morgan fingerprint density at radius 2 is 1.77 bits per heavy atom. The van der Waals surface area contributed by atoms with Gasteiger partial charge in [0.2, 0.25) is 0 Å². The molecule has 0 spiro atoms. The van der Waals surface area contributed by atoms with Gasteiger partial charge in [0, 0.05) is 22.7 Å². The minimum Gasteiger partial charge on any atom is -0.462 e. The zero-order chi connectivity index (χ0) is 25.9. The molecule has 178 valence electrons. The van der Waals surface area contributed by atoms with Crippen LogP contribution in [-0.2, 0) is 16.0 Å². The first-order chi connectivity index (χ1) is 16.6. The van der Waals surface area contributed by atoms with Crippen LogP contribution in [0.4, 0.5) is 0 Å². The van der Waals surface area contributed by atoms with Crippen LogP contribution in [0.2, 0.25) is 0 Å². The topological polar surface area (TPSA) is 95.9 Å². The average Bonchev–Trinajstić information content (AvgIpc) is 3.27. The Morgan fingerprint density at radius 1 is 1.11 bits per heavy atom. The summed E-state index contributed by atoms with van der Waals surface area (Å²) in [6.07, 6.45) is 1.47. The lowest BCUT2D eigenvalue weighted by Gasteiger charge is -2.15. The van der Waals surface area contributed by atoms with E-state index in [0.29, 0.717) is 15.3 Å². The maximum absolute atomic E-state index is 13.1. The van der Waals surface area contributed by atoms with Crippen molar-refractivity contribution in [1.82, 2.24) is 4.57 Å². The molecule has 7 heteroatoms. The van der Waals surface area contributed by atoms with Crippen molar-refractivity contribution in [2.75, 3.05) is 6.61 Å². The number of allylic oxidation sites excluding steroid dienone is 1. The van der Waals surface area contributed by atoms with Crippen LogP contribution in [-0.4, -0.2) is 22.9 Å². The molecule has 0 aliphatic rings. The number of ketones is 1. The highest BCUT2D eigenvalue weighted by Gasteiger charge is 2.24.